The molecule has 0 aromatic carbocycles. The lowest BCUT2D eigenvalue weighted by Crippen LogP contribution is -2.42. The average Bonchev–Trinajstić information content (AvgIpc) is 2.69. The van der Waals surface area contributed by atoms with E-state index in [9.17, 15) is 9.90 Å². The zero-order valence-corrected chi connectivity index (χ0v) is 10.9. The Balaban J connectivity index is 2.03. The number of carbonyl (C=O) groups excluding carboxylic acids is 1. The highest BCUT2D eigenvalue weighted by Crippen LogP contribution is 2.07. The molecule has 1 unspecified atom stereocenters. The second kappa shape index (κ2) is 7.63. The van der Waals surface area contributed by atoms with Gasteiger partial charge in [0.15, 0.2) is 0 Å². The smallest absolute Gasteiger partial charge is 0.234 e. The molecular formula is C12H25N3O2. The number of rotatable bonds is 7. The van der Waals surface area contributed by atoms with E-state index in [2.05, 4.69) is 15.5 Å². The van der Waals surface area contributed by atoms with Gasteiger partial charge in [-0.2, -0.15) is 0 Å². The van der Waals surface area contributed by atoms with E-state index in [0.717, 1.165) is 13.1 Å². The molecular weight excluding hydrogens is 218 g/mol. The lowest BCUT2D eigenvalue weighted by Gasteiger charge is -2.19. The van der Waals surface area contributed by atoms with Crippen LogP contribution in [0.25, 0.3) is 0 Å². The van der Waals surface area contributed by atoms with Gasteiger partial charge in [0, 0.05) is 19.1 Å². The molecule has 0 radical (unpaired) electrons. The Morgan fingerprint density at radius 3 is 2.59 bits per heavy atom. The minimum atomic E-state index is -0.389. The predicted molar refractivity (Wildman–Crippen MR) is 67.8 cm³/mol. The van der Waals surface area contributed by atoms with Crippen LogP contribution in [0.4, 0.5) is 0 Å². The highest BCUT2D eigenvalue weighted by Gasteiger charge is 2.15. The van der Waals surface area contributed by atoms with Gasteiger partial charge in [-0.15, -0.1) is 0 Å². The zero-order valence-electron chi connectivity index (χ0n) is 10.9. The van der Waals surface area contributed by atoms with Gasteiger partial charge in [-0.25, -0.2) is 0 Å². The molecule has 17 heavy (non-hydrogen) atoms. The Bertz CT molecular complexity index is 228. The van der Waals surface area contributed by atoms with Crippen molar-refractivity contribution in [2.24, 2.45) is 0 Å². The number of likely N-dealkylation sites (tertiary alicyclic amines) is 1. The fraction of sp³-hybridized carbons (Fsp3) is 0.917. The molecule has 0 aliphatic carbocycles. The third kappa shape index (κ3) is 6.61. The Morgan fingerprint density at radius 1 is 1.35 bits per heavy atom. The molecule has 5 heteroatoms. The Labute approximate surface area is 104 Å². The van der Waals surface area contributed by atoms with Crippen molar-refractivity contribution in [2.45, 2.75) is 38.8 Å². The van der Waals surface area contributed by atoms with Crippen molar-refractivity contribution in [3.05, 3.63) is 0 Å². The summed E-state index contributed by atoms with van der Waals surface area (Å²) in [6.07, 6.45) is 2.08. The molecule has 1 amide bonds. The molecule has 1 heterocycles. The van der Waals surface area contributed by atoms with Crippen LogP contribution in [-0.2, 0) is 4.79 Å². The van der Waals surface area contributed by atoms with Gasteiger partial charge in [0.1, 0.15) is 0 Å². The molecule has 0 spiro atoms. The summed E-state index contributed by atoms with van der Waals surface area (Å²) in [5, 5.41) is 15.5. The second-order valence-corrected chi connectivity index (χ2v) is 5.01. The van der Waals surface area contributed by atoms with Gasteiger partial charge in [-0.3, -0.25) is 4.79 Å². The van der Waals surface area contributed by atoms with Crippen molar-refractivity contribution >= 4 is 5.91 Å². The van der Waals surface area contributed by atoms with E-state index in [1.807, 2.05) is 13.8 Å². The summed E-state index contributed by atoms with van der Waals surface area (Å²) in [4.78, 5) is 13.6. The third-order valence-corrected chi connectivity index (χ3v) is 2.78. The van der Waals surface area contributed by atoms with Crippen LogP contribution in [0.5, 0.6) is 0 Å². The molecule has 100 valence electrons. The Morgan fingerprint density at radius 2 is 2.00 bits per heavy atom. The van der Waals surface area contributed by atoms with Crippen molar-refractivity contribution in [3.8, 4) is 0 Å². The van der Waals surface area contributed by atoms with Gasteiger partial charge in [-0.05, 0) is 39.8 Å². The first kappa shape index (κ1) is 14.4. The average molecular weight is 243 g/mol. The van der Waals surface area contributed by atoms with E-state index in [-0.39, 0.29) is 24.6 Å². The lowest BCUT2D eigenvalue weighted by atomic mass is 10.3. The summed E-state index contributed by atoms with van der Waals surface area (Å²) >= 11 is 0. The summed E-state index contributed by atoms with van der Waals surface area (Å²) in [5.74, 6) is -0.0200. The summed E-state index contributed by atoms with van der Waals surface area (Å²) in [6, 6.07) is 0.166. The molecule has 1 atom stereocenters. The van der Waals surface area contributed by atoms with Gasteiger partial charge < -0.3 is 20.6 Å². The Kier molecular flexibility index (Phi) is 6.47. The van der Waals surface area contributed by atoms with E-state index in [4.69, 9.17) is 0 Å². The molecule has 0 bridgehead atoms. The topological polar surface area (TPSA) is 64.6 Å². The number of hydrogen-bond donors (Lipinski definition) is 3. The first-order chi connectivity index (χ1) is 8.08. The SMILES string of the molecule is CC(C)NC(=O)CNCC(O)CN1CCCC1. The number of nitrogens with one attached hydrogen (secondary N) is 2. The number of hydrogen-bond acceptors (Lipinski definition) is 4. The fourth-order valence-corrected chi connectivity index (χ4v) is 2.05. The predicted octanol–water partition coefficient (Wildman–Crippen LogP) is -0.443. The summed E-state index contributed by atoms with van der Waals surface area (Å²) in [5.41, 5.74) is 0. The van der Waals surface area contributed by atoms with Crippen LogP contribution in [0.15, 0.2) is 0 Å². The van der Waals surface area contributed by atoms with Crippen LogP contribution >= 0.6 is 0 Å². The maximum Gasteiger partial charge on any atom is 0.234 e. The monoisotopic (exact) mass is 243 g/mol. The van der Waals surface area contributed by atoms with E-state index < -0.39 is 0 Å². The van der Waals surface area contributed by atoms with Crippen LogP contribution in [0.1, 0.15) is 26.7 Å². The van der Waals surface area contributed by atoms with Crippen LogP contribution in [-0.4, -0.2) is 60.8 Å². The third-order valence-electron chi connectivity index (χ3n) is 2.78. The van der Waals surface area contributed by atoms with Crippen molar-refractivity contribution in [1.29, 1.82) is 0 Å². The maximum absolute atomic E-state index is 11.3. The van der Waals surface area contributed by atoms with Crippen LogP contribution in [0.2, 0.25) is 0 Å². The summed E-state index contributed by atoms with van der Waals surface area (Å²) < 4.78 is 0. The fourth-order valence-electron chi connectivity index (χ4n) is 2.05. The van der Waals surface area contributed by atoms with Gasteiger partial charge in [0.05, 0.1) is 12.6 Å². The minimum absolute atomic E-state index is 0.0200. The van der Waals surface area contributed by atoms with Crippen molar-refractivity contribution in [1.82, 2.24) is 15.5 Å². The Hall–Kier alpha value is -0.650. The number of β-amino-alcohol motifs (C(OH)–C–C–N with tert-alkyl or cyclic N) is 1. The molecule has 1 aliphatic heterocycles. The number of aliphatic hydroxyl groups excluding tert-OH is 1. The molecule has 0 saturated carbocycles. The van der Waals surface area contributed by atoms with Gasteiger partial charge in [0.25, 0.3) is 0 Å². The number of nitrogens with zero attached hydrogens (tertiary/aromatic N) is 1. The van der Waals surface area contributed by atoms with Gasteiger partial charge >= 0.3 is 0 Å². The largest absolute Gasteiger partial charge is 0.390 e. The van der Waals surface area contributed by atoms with Crippen LogP contribution in [0, 0.1) is 0 Å². The van der Waals surface area contributed by atoms with E-state index >= 15 is 0 Å². The molecule has 5 nitrogen and oxygen atoms in total. The molecule has 0 aromatic rings. The molecule has 1 saturated heterocycles. The zero-order chi connectivity index (χ0) is 12.7. The highest BCUT2D eigenvalue weighted by atomic mass is 16.3. The van der Waals surface area contributed by atoms with Crippen molar-refractivity contribution in [2.75, 3.05) is 32.7 Å². The van der Waals surface area contributed by atoms with Gasteiger partial charge in [0.2, 0.25) is 5.91 Å². The van der Waals surface area contributed by atoms with E-state index in [0.29, 0.717) is 13.1 Å². The first-order valence-corrected chi connectivity index (χ1v) is 6.48. The highest BCUT2D eigenvalue weighted by molar-refractivity contribution is 5.78. The van der Waals surface area contributed by atoms with E-state index in [1.54, 1.807) is 0 Å². The van der Waals surface area contributed by atoms with E-state index in [1.165, 1.54) is 12.8 Å². The summed E-state index contributed by atoms with van der Waals surface area (Å²) in [7, 11) is 0. The molecule has 0 aromatic heterocycles. The maximum atomic E-state index is 11.3. The summed E-state index contributed by atoms with van der Waals surface area (Å²) in [6.45, 7) is 7.49. The van der Waals surface area contributed by atoms with Crippen LogP contribution in [0.3, 0.4) is 0 Å². The first-order valence-electron chi connectivity index (χ1n) is 6.48. The quantitative estimate of drug-likeness (QED) is 0.567. The number of aliphatic hydroxyl groups is 1. The minimum Gasteiger partial charge on any atom is -0.390 e. The lowest BCUT2D eigenvalue weighted by molar-refractivity contribution is -0.120. The van der Waals surface area contributed by atoms with Crippen molar-refractivity contribution in [3.63, 3.8) is 0 Å². The van der Waals surface area contributed by atoms with Crippen molar-refractivity contribution < 1.29 is 9.90 Å². The number of amides is 1. The van der Waals surface area contributed by atoms with Gasteiger partial charge in [-0.1, -0.05) is 0 Å². The number of carbonyl (C=O) groups is 1. The molecule has 3 N–H and O–H groups in total. The normalized spacial score (nSPS) is 18.6. The standard InChI is InChI=1S/C12H25N3O2/c1-10(2)14-12(17)8-13-7-11(16)9-15-5-3-4-6-15/h10-11,13,16H,3-9H2,1-2H3,(H,14,17). The second-order valence-electron chi connectivity index (χ2n) is 5.01. The molecule has 1 rings (SSSR count). The van der Waals surface area contributed by atoms with Crippen LogP contribution < -0.4 is 10.6 Å². The molecule has 1 aliphatic rings. The molecule has 1 fully saturated rings.